The lowest BCUT2D eigenvalue weighted by atomic mass is 9.74. The highest BCUT2D eigenvalue weighted by Gasteiger charge is 2.49. The van der Waals surface area contributed by atoms with Crippen LogP contribution in [0.5, 0.6) is 5.75 Å². The first-order valence-electron chi connectivity index (χ1n) is 8.72. The maximum Gasteiger partial charge on any atom is 0.257 e. The van der Waals surface area contributed by atoms with Gasteiger partial charge in [-0.25, -0.2) is 0 Å². The molecule has 1 saturated carbocycles. The van der Waals surface area contributed by atoms with Crippen LogP contribution in [0.4, 0.5) is 0 Å². The highest BCUT2D eigenvalue weighted by atomic mass is 16.5. The van der Waals surface area contributed by atoms with Gasteiger partial charge in [0.25, 0.3) is 5.91 Å². The minimum atomic E-state index is -0.102. The first-order valence-corrected chi connectivity index (χ1v) is 8.72. The number of rotatable bonds is 5. The molecule has 2 atom stereocenters. The molecule has 0 spiro atoms. The van der Waals surface area contributed by atoms with Gasteiger partial charge in [0.2, 0.25) is 5.91 Å². The van der Waals surface area contributed by atoms with Crippen LogP contribution in [0.15, 0.2) is 24.3 Å². The Morgan fingerprint density at radius 2 is 2.08 bits per heavy atom. The Morgan fingerprint density at radius 1 is 1.33 bits per heavy atom. The van der Waals surface area contributed by atoms with Crippen molar-refractivity contribution in [1.29, 1.82) is 0 Å². The molecule has 0 aromatic heterocycles. The van der Waals surface area contributed by atoms with E-state index >= 15 is 0 Å². The standard InChI is InChI=1S/C19H26N2O3/c1-14-5-7-15(8-6-14)24-12-17(22)20-13-19-10-3-4-16(19)21(2)18(23)9-11-19/h5-8,16H,3-4,9-13H2,1-2H3,(H,20,22). The predicted octanol–water partition coefficient (Wildman–Crippen LogP) is 2.28. The van der Waals surface area contributed by atoms with Crippen molar-refractivity contribution in [2.45, 2.75) is 45.1 Å². The second-order valence-electron chi connectivity index (χ2n) is 7.15. The molecule has 5 nitrogen and oxygen atoms in total. The summed E-state index contributed by atoms with van der Waals surface area (Å²) < 4.78 is 5.53. The molecule has 1 aromatic carbocycles. The number of amides is 2. The minimum Gasteiger partial charge on any atom is -0.484 e. The van der Waals surface area contributed by atoms with Crippen LogP contribution in [0.25, 0.3) is 0 Å². The molecule has 1 saturated heterocycles. The molecule has 3 rings (SSSR count). The lowest BCUT2D eigenvalue weighted by molar-refractivity contribution is -0.139. The quantitative estimate of drug-likeness (QED) is 0.901. The summed E-state index contributed by atoms with van der Waals surface area (Å²) in [4.78, 5) is 26.0. The lowest BCUT2D eigenvalue weighted by Crippen LogP contribution is -2.54. The van der Waals surface area contributed by atoms with E-state index in [9.17, 15) is 9.59 Å². The van der Waals surface area contributed by atoms with Crippen LogP contribution in [0, 0.1) is 12.3 Å². The van der Waals surface area contributed by atoms with Crippen LogP contribution in [-0.4, -0.2) is 43.0 Å². The molecule has 24 heavy (non-hydrogen) atoms. The van der Waals surface area contributed by atoms with E-state index < -0.39 is 0 Å². The average Bonchev–Trinajstić information content (AvgIpc) is 3.01. The molecular weight excluding hydrogens is 304 g/mol. The molecule has 1 aliphatic heterocycles. The van der Waals surface area contributed by atoms with E-state index in [0.29, 0.717) is 18.7 Å². The van der Waals surface area contributed by atoms with Crippen LogP contribution >= 0.6 is 0 Å². The number of hydrogen-bond acceptors (Lipinski definition) is 3. The summed E-state index contributed by atoms with van der Waals surface area (Å²) in [5.41, 5.74) is 1.21. The van der Waals surface area contributed by atoms with E-state index in [0.717, 1.165) is 31.2 Å². The average molecular weight is 330 g/mol. The number of aryl methyl sites for hydroxylation is 1. The lowest BCUT2D eigenvalue weighted by Gasteiger charge is -2.44. The summed E-state index contributed by atoms with van der Waals surface area (Å²) >= 11 is 0. The number of likely N-dealkylation sites (tertiary alicyclic amines) is 1. The molecule has 2 amide bonds. The van der Waals surface area contributed by atoms with Crippen molar-refractivity contribution in [3.05, 3.63) is 29.8 Å². The predicted molar refractivity (Wildman–Crippen MR) is 91.8 cm³/mol. The van der Waals surface area contributed by atoms with Crippen molar-refractivity contribution in [3.63, 3.8) is 0 Å². The molecule has 2 aliphatic rings. The molecule has 5 heteroatoms. The minimum absolute atomic E-state index is 0.0264. The first-order chi connectivity index (χ1) is 11.5. The number of carbonyl (C=O) groups excluding carboxylic acids is 2. The summed E-state index contributed by atoms with van der Waals surface area (Å²) in [5.74, 6) is 0.831. The number of carbonyl (C=O) groups is 2. The zero-order chi connectivity index (χ0) is 17.2. The fraction of sp³-hybridized carbons (Fsp3) is 0.579. The van der Waals surface area contributed by atoms with Crippen molar-refractivity contribution in [1.82, 2.24) is 10.2 Å². The zero-order valence-electron chi connectivity index (χ0n) is 14.5. The zero-order valence-corrected chi connectivity index (χ0v) is 14.5. The number of hydrogen-bond donors (Lipinski definition) is 1. The van der Waals surface area contributed by atoms with E-state index in [1.54, 1.807) is 0 Å². The summed E-state index contributed by atoms with van der Waals surface area (Å²) in [6.45, 7) is 2.67. The van der Waals surface area contributed by atoms with E-state index in [-0.39, 0.29) is 29.9 Å². The largest absolute Gasteiger partial charge is 0.484 e. The third-order valence-corrected chi connectivity index (χ3v) is 5.59. The Kier molecular flexibility index (Phi) is 4.78. The van der Waals surface area contributed by atoms with Crippen molar-refractivity contribution < 1.29 is 14.3 Å². The van der Waals surface area contributed by atoms with Gasteiger partial charge in [-0.15, -0.1) is 0 Å². The SMILES string of the molecule is Cc1ccc(OCC(=O)NCC23CCCC2N(C)C(=O)CC3)cc1. The summed E-state index contributed by atoms with van der Waals surface area (Å²) in [5, 5.41) is 3.03. The van der Waals surface area contributed by atoms with E-state index in [1.807, 2.05) is 43.1 Å². The maximum atomic E-state index is 12.1. The van der Waals surface area contributed by atoms with Crippen molar-refractivity contribution >= 4 is 11.8 Å². The Labute approximate surface area is 143 Å². The molecule has 2 unspecified atom stereocenters. The maximum absolute atomic E-state index is 12.1. The van der Waals surface area contributed by atoms with Gasteiger partial charge in [0.05, 0.1) is 0 Å². The molecule has 0 bridgehead atoms. The van der Waals surface area contributed by atoms with E-state index in [2.05, 4.69) is 5.32 Å². The fourth-order valence-corrected chi connectivity index (χ4v) is 4.13. The first kappa shape index (κ1) is 16.8. The third-order valence-electron chi connectivity index (χ3n) is 5.59. The second-order valence-corrected chi connectivity index (χ2v) is 7.15. The number of ether oxygens (including phenoxy) is 1. The van der Waals surface area contributed by atoms with E-state index in [4.69, 9.17) is 4.74 Å². The summed E-state index contributed by atoms with van der Waals surface area (Å²) in [6.07, 6.45) is 4.70. The third kappa shape index (κ3) is 3.40. The Balaban J connectivity index is 1.52. The number of benzene rings is 1. The van der Waals surface area contributed by atoms with Crippen molar-refractivity contribution in [2.24, 2.45) is 5.41 Å². The van der Waals surface area contributed by atoms with Gasteiger partial charge in [-0.1, -0.05) is 24.1 Å². The van der Waals surface area contributed by atoms with Gasteiger partial charge in [-0.05, 0) is 38.3 Å². The van der Waals surface area contributed by atoms with Gasteiger partial charge in [0, 0.05) is 31.5 Å². The Bertz CT molecular complexity index is 614. The molecule has 130 valence electrons. The summed E-state index contributed by atoms with van der Waals surface area (Å²) in [7, 11) is 1.90. The monoisotopic (exact) mass is 330 g/mol. The van der Waals surface area contributed by atoms with Gasteiger partial charge in [-0.3, -0.25) is 9.59 Å². The molecule has 1 heterocycles. The van der Waals surface area contributed by atoms with Gasteiger partial charge in [-0.2, -0.15) is 0 Å². The second kappa shape index (κ2) is 6.83. The number of nitrogens with one attached hydrogen (secondary N) is 1. The molecular formula is C19H26N2O3. The van der Waals surface area contributed by atoms with Crippen LogP contribution in [0.3, 0.4) is 0 Å². The number of nitrogens with zero attached hydrogens (tertiary/aromatic N) is 1. The fourth-order valence-electron chi connectivity index (χ4n) is 4.13. The Morgan fingerprint density at radius 3 is 2.83 bits per heavy atom. The van der Waals surface area contributed by atoms with Crippen LogP contribution in [0.2, 0.25) is 0 Å². The van der Waals surface area contributed by atoms with Gasteiger partial charge >= 0.3 is 0 Å². The van der Waals surface area contributed by atoms with Gasteiger partial charge in [0.15, 0.2) is 6.61 Å². The van der Waals surface area contributed by atoms with Gasteiger partial charge in [0.1, 0.15) is 5.75 Å². The molecule has 0 radical (unpaired) electrons. The van der Waals surface area contributed by atoms with Gasteiger partial charge < -0.3 is 15.0 Å². The molecule has 1 N–H and O–H groups in total. The normalized spacial score (nSPS) is 26.2. The van der Waals surface area contributed by atoms with Crippen molar-refractivity contribution in [3.8, 4) is 5.75 Å². The van der Waals surface area contributed by atoms with Crippen molar-refractivity contribution in [2.75, 3.05) is 20.2 Å². The van der Waals surface area contributed by atoms with Crippen LogP contribution in [-0.2, 0) is 9.59 Å². The molecule has 2 fully saturated rings. The highest BCUT2D eigenvalue weighted by Crippen LogP contribution is 2.47. The highest BCUT2D eigenvalue weighted by molar-refractivity contribution is 5.78. The van der Waals surface area contributed by atoms with Crippen LogP contribution < -0.4 is 10.1 Å². The van der Waals surface area contributed by atoms with Crippen LogP contribution in [0.1, 0.15) is 37.7 Å². The smallest absolute Gasteiger partial charge is 0.257 e. The van der Waals surface area contributed by atoms with E-state index in [1.165, 1.54) is 0 Å². The molecule has 1 aliphatic carbocycles. The molecule has 1 aromatic rings. The number of piperidine rings is 1. The Hall–Kier alpha value is -2.04. The number of fused-ring (bicyclic) bond motifs is 1. The summed E-state index contributed by atoms with van der Waals surface area (Å²) in [6, 6.07) is 7.93. The topological polar surface area (TPSA) is 58.6 Å².